The third kappa shape index (κ3) is 5.01. The van der Waals surface area contributed by atoms with Crippen LogP contribution < -0.4 is 0 Å². The van der Waals surface area contributed by atoms with E-state index in [1.807, 2.05) is 0 Å². The standard InChI is InChI=1S/C12H16Cl2O7/c1-5(15)18-10-9(14)8(4-13)21-12(20-7(3)17)11(10)19-6(2)16/h8-12H,4H2,1-3H3/t8-,9-,10+,11-,12?/m1/s1. The fourth-order valence-electron chi connectivity index (χ4n) is 1.89. The largest absolute Gasteiger partial charge is 0.457 e. The fraction of sp³-hybridized carbons (Fsp3) is 0.750. The molecule has 0 aromatic heterocycles. The molecule has 0 N–H and O–H groups in total. The number of halogens is 2. The van der Waals surface area contributed by atoms with E-state index in [2.05, 4.69) is 0 Å². The number of hydrogen-bond acceptors (Lipinski definition) is 7. The average Bonchev–Trinajstić information content (AvgIpc) is 2.35. The summed E-state index contributed by atoms with van der Waals surface area (Å²) in [5.74, 6) is -1.96. The average molecular weight is 343 g/mol. The van der Waals surface area contributed by atoms with Crippen LogP contribution in [0.3, 0.4) is 0 Å². The molecule has 0 spiro atoms. The molecule has 1 unspecified atom stereocenters. The Balaban J connectivity index is 3.05. The van der Waals surface area contributed by atoms with Gasteiger partial charge in [-0.05, 0) is 0 Å². The van der Waals surface area contributed by atoms with Crippen molar-refractivity contribution in [3.63, 3.8) is 0 Å². The van der Waals surface area contributed by atoms with E-state index in [1.165, 1.54) is 6.92 Å². The first-order chi connectivity index (χ1) is 9.76. The topological polar surface area (TPSA) is 88.1 Å². The molecule has 0 radical (unpaired) electrons. The minimum atomic E-state index is -1.26. The molecule has 1 aliphatic heterocycles. The molecule has 1 rings (SSSR count). The summed E-state index contributed by atoms with van der Waals surface area (Å²) in [6.45, 7) is 3.50. The predicted octanol–water partition coefficient (Wildman–Crippen LogP) is 0.984. The van der Waals surface area contributed by atoms with Gasteiger partial charge in [-0.2, -0.15) is 0 Å². The highest BCUT2D eigenvalue weighted by Gasteiger charge is 2.50. The first-order valence-corrected chi connectivity index (χ1v) is 7.10. The lowest BCUT2D eigenvalue weighted by Crippen LogP contribution is -2.59. The van der Waals surface area contributed by atoms with Crippen molar-refractivity contribution in [2.45, 2.75) is 50.8 Å². The minimum absolute atomic E-state index is 0.0174. The van der Waals surface area contributed by atoms with Crippen LogP contribution >= 0.6 is 23.2 Å². The summed E-state index contributed by atoms with van der Waals surface area (Å²) in [5, 5.41) is -0.859. The number of rotatable bonds is 4. The minimum Gasteiger partial charge on any atom is -0.457 e. The molecule has 5 atom stereocenters. The molecule has 0 amide bonds. The van der Waals surface area contributed by atoms with Crippen LogP contribution in [0.4, 0.5) is 0 Å². The van der Waals surface area contributed by atoms with Crippen LogP contribution in [-0.4, -0.2) is 53.8 Å². The molecular weight excluding hydrogens is 327 g/mol. The molecule has 120 valence electrons. The van der Waals surface area contributed by atoms with Crippen LogP contribution in [0.2, 0.25) is 0 Å². The smallest absolute Gasteiger partial charge is 0.305 e. The van der Waals surface area contributed by atoms with E-state index in [0.29, 0.717) is 0 Å². The second kappa shape index (κ2) is 7.82. The predicted molar refractivity (Wildman–Crippen MR) is 71.9 cm³/mol. The van der Waals surface area contributed by atoms with Crippen molar-refractivity contribution < 1.29 is 33.3 Å². The van der Waals surface area contributed by atoms with Crippen molar-refractivity contribution in [3.05, 3.63) is 0 Å². The van der Waals surface area contributed by atoms with E-state index >= 15 is 0 Å². The highest BCUT2D eigenvalue weighted by Crippen LogP contribution is 2.31. The Hall–Kier alpha value is -1.05. The number of alkyl halides is 2. The molecule has 1 aliphatic rings. The summed E-state index contributed by atoms with van der Waals surface area (Å²) in [5.41, 5.74) is 0. The molecular formula is C12H16Cl2O7. The lowest BCUT2D eigenvalue weighted by atomic mass is 10.0. The summed E-state index contributed by atoms with van der Waals surface area (Å²) >= 11 is 11.9. The van der Waals surface area contributed by atoms with E-state index in [-0.39, 0.29) is 5.88 Å². The normalized spacial score (nSPS) is 32.1. The molecule has 9 heteroatoms. The molecule has 0 aromatic rings. The number of ether oxygens (including phenoxy) is 4. The highest BCUT2D eigenvalue weighted by molar-refractivity contribution is 6.23. The Morgan fingerprint density at radius 1 is 0.952 bits per heavy atom. The quantitative estimate of drug-likeness (QED) is 0.427. The van der Waals surface area contributed by atoms with Gasteiger partial charge in [-0.15, -0.1) is 23.2 Å². The zero-order valence-electron chi connectivity index (χ0n) is 11.7. The highest BCUT2D eigenvalue weighted by atomic mass is 35.5. The number of carbonyl (C=O) groups is 3. The fourth-order valence-corrected chi connectivity index (χ4v) is 2.59. The monoisotopic (exact) mass is 342 g/mol. The van der Waals surface area contributed by atoms with Gasteiger partial charge in [0.25, 0.3) is 0 Å². The van der Waals surface area contributed by atoms with Crippen LogP contribution in [0.5, 0.6) is 0 Å². The summed E-state index contributed by atoms with van der Waals surface area (Å²) in [6.07, 6.45) is -4.21. The summed E-state index contributed by atoms with van der Waals surface area (Å²) in [4.78, 5) is 33.5. The van der Waals surface area contributed by atoms with Crippen LogP contribution in [0.15, 0.2) is 0 Å². The van der Waals surface area contributed by atoms with Gasteiger partial charge in [0, 0.05) is 20.8 Å². The molecule has 1 saturated heterocycles. The van der Waals surface area contributed by atoms with Gasteiger partial charge in [0.1, 0.15) is 5.38 Å². The maximum absolute atomic E-state index is 11.2. The third-order valence-electron chi connectivity index (χ3n) is 2.61. The van der Waals surface area contributed by atoms with Crippen LogP contribution in [-0.2, 0) is 33.3 Å². The van der Waals surface area contributed by atoms with E-state index < -0.39 is 47.9 Å². The summed E-state index contributed by atoms with van der Waals surface area (Å²) < 4.78 is 20.5. The van der Waals surface area contributed by atoms with Crippen molar-refractivity contribution in [1.29, 1.82) is 0 Å². The first kappa shape index (κ1) is 18.0. The van der Waals surface area contributed by atoms with Crippen LogP contribution in [0.25, 0.3) is 0 Å². The van der Waals surface area contributed by atoms with Crippen molar-refractivity contribution in [2.75, 3.05) is 5.88 Å². The van der Waals surface area contributed by atoms with Gasteiger partial charge >= 0.3 is 17.9 Å². The number of hydrogen-bond donors (Lipinski definition) is 0. The Kier molecular flexibility index (Phi) is 6.70. The molecule has 0 bridgehead atoms. The van der Waals surface area contributed by atoms with Gasteiger partial charge in [-0.1, -0.05) is 0 Å². The SMILES string of the molecule is CC(=O)OC1O[C@H](CCl)[C@@H](Cl)[C@H](OC(C)=O)[C@H]1OC(C)=O. The molecule has 0 aromatic carbocycles. The van der Waals surface area contributed by atoms with Gasteiger partial charge in [0.15, 0.2) is 6.10 Å². The van der Waals surface area contributed by atoms with E-state index in [1.54, 1.807) is 0 Å². The lowest BCUT2D eigenvalue weighted by molar-refractivity contribution is -0.262. The second-order valence-corrected chi connectivity index (χ2v) is 5.21. The molecule has 0 saturated carbocycles. The van der Waals surface area contributed by atoms with E-state index in [4.69, 9.17) is 42.1 Å². The number of esters is 3. The van der Waals surface area contributed by atoms with Crippen LogP contribution in [0.1, 0.15) is 20.8 Å². The number of carbonyl (C=O) groups excluding carboxylic acids is 3. The maximum atomic E-state index is 11.2. The third-order valence-corrected chi connectivity index (χ3v) is 3.44. The zero-order valence-corrected chi connectivity index (χ0v) is 13.2. The Morgan fingerprint density at radius 2 is 1.43 bits per heavy atom. The zero-order chi connectivity index (χ0) is 16.2. The molecule has 0 aliphatic carbocycles. The Morgan fingerprint density at radius 3 is 1.86 bits per heavy atom. The molecule has 1 heterocycles. The van der Waals surface area contributed by atoms with Crippen molar-refractivity contribution in [2.24, 2.45) is 0 Å². The van der Waals surface area contributed by atoms with E-state index in [0.717, 1.165) is 13.8 Å². The first-order valence-electron chi connectivity index (χ1n) is 6.13. The molecule has 21 heavy (non-hydrogen) atoms. The van der Waals surface area contributed by atoms with Gasteiger partial charge in [0.05, 0.1) is 12.0 Å². The lowest BCUT2D eigenvalue weighted by Gasteiger charge is -2.41. The Labute approximate surface area is 131 Å². The van der Waals surface area contributed by atoms with Gasteiger partial charge < -0.3 is 18.9 Å². The summed E-state index contributed by atoms with van der Waals surface area (Å²) in [6, 6.07) is 0. The van der Waals surface area contributed by atoms with Gasteiger partial charge in [-0.25, -0.2) is 0 Å². The molecule has 1 fully saturated rings. The van der Waals surface area contributed by atoms with Crippen molar-refractivity contribution in [1.82, 2.24) is 0 Å². The van der Waals surface area contributed by atoms with E-state index in [9.17, 15) is 14.4 Å². The van der Waals surface area contributed by atoms with Gasteiger partial charge in [-0.3, -0.25) is 14.4 Å². The molecule has 7 nitrogen and oxygen atoms in total. The van der Waals surface area contributed by atoms with Gasteiger partial charge in [0.2, 0.25) is 12.4 Å². The van der Waals surface area contributed by atoms with Crippen LogP contribution in [0, 0.1) is 0 Å². The second-order valence-electron chi connectivity index (χ2n) is 4.40. The van der Waals surface area contributed by atoms with Crippen molar-refractivity contribution >= 4 is 41.1 Å². The van der Waals surface area contributed by atoms with Crippen molar-refractivity contribution in [3.8, 4) is 0 Å². The Bertz CT molecular complexity index is 414. The maximum Gasteiger partial charge on any atom is 0.305 e. The summed E-state index contributed by atoms with van der Waals surface area (Å²) in [7, 11) is 0.